The van der Waals surface area contributed by atoms with E-state index in [1.165, 1.54) is 0 Å². The van der Waals surface area contributed by atoms with Gasteiger partial charge in [-0.05, 0) is 24.6 Å². The van der Waals surface area contributed by atoms with Crippen molar-refractivity contribution in [3.8, 4) is 5.75 Å². The van der Waals surface area contributed by atoms with Crippen LogP contribution in [0.4, 0.5) is 0 Å². The Kier molecular flexibility index (Phi) is 2.90. The molecule has 0 spiro atoms. The first-order chi connectivity index (χ1) is 7.46. The summed E-state index contributed by atoms with van der Waals surface area (Å²) in [6, 6.07) is 7.08. The lowest BCUT2D eigenvalue weighted by molar-refractivity contribution is 0.457. The van der Waals surface area contributed by atoms with Gasteiger partial charge in [0.05, 0.1) is 11.5 Å². The Bertz CT molecular complexity index is 472. The normalized spacial score (nSPS) is 21.3. The lowest BCUT2D eigenvalue weighted by Crippen LogP contribution is -2.51. The Morgan fingerprint density at radius 2 is 2.12 bits per heavy atom. The molecule has 1 heterocycles. The summed E-state index contributed by atoms with van der Waals surface area (Å²) in [6.45, 7) is 1.96. The zero-order valence-corrected chi connectivity index (χ0v) is 9.87. The number of rotatable bonds is 3. The van der Waals surface area contributed by atoms with Gasteiger partial charge in [0, 0.05) is 12.1 Å². The van der Waals surface area contributed by atoms with Crippen LogP contribution in [0.25, 0.3) is 0 Å². The van der Waals surface area contributed by atoms with E-state index in [-0.39, 0.29) is 29.3 Å². The van der Waals surface area contributed by atoms with E-state index in [2.05, 4.69) is 5.32 Å². The molecule has 0 aliphatic carbocycles. The second-order valence-electron chi connectivity index (χ2n) is 4.26. The minimum absolute atomic E-state index is 0.0438. The SMILES string of the molecule is CC(NC1CS(=O)(=O)C1)c1cccc(O)c1. The quantitative estimate of drug-likeness (QED) is 0.823. The highest BCUT2D eigenvalue weighted by atomic mass is 32.2. The number of phenolic OH excluding ortho intramolecular Hbond substituents is 1. The molecule has 1 saturated heterocycles. The average molecular weight is 241 g/mol. The summed E-state index contributed by atoms with van der Waals surface area (Å²) < 4.78 is 22.0. The molecule has 1 aliphatic rings. The van der Waals surface area contributed by atoms with Gasteiger partial charge in [0.2, 0.25) is 0 Å². The van der Waals surface area contributed by atoms with Crippen molar-refractivity contribution in [2.45, 2.75) is 19.0 Å². The fourth-order valence-corrected chi connectivity index (χ4v) is 3.23. The van der Waals surface area contributed by atoms with Crippen LogP contribution in [0.1, 0.15) is 18.5 Å². The van der Waals surface area contributed by atoms with Crippen LogP contribution in [0, 0.1) is 0 Å². The van der Waals surface area contributed by atoms with E-state index in [0.29, 0.717) is 0 Å². The summed E-state index contributed by atoms with van der Waals surface area (Å²) in [4.78, 5) is 0. The first-order valence-electron chi connectivity index (χ1n) is 5.22. The molecule has 1 unspecified atom stereocenters. The molecule has 1 aromatic carbocycles. The van der Waals surface area contributed by atoms with Crippen LogP contribution in [0.3, 0.4) is 0 Å². The van der Waals surface area contributed by atoms with E-state index in [4.69, 9.17) is 0 Å². The van der Waals surface area contributed by atoms with Gasteiger partial charge in [-0.25, -0.2) is 8.42 Å². The van der Waals surface area contributed by atoms with Crippen molar-refractivity contribution in [1.82, 2.24) is 5.32 Å². The van der Waals surface area contributed by atoms with Crippen molar-refractivity contribution >= 4 is 9.84 Å². The van der Waals surface area contributed by atoms with Crippen molar-refractivity contribution in [3.05, 3.63) is 29.8 Å². The molecule has 1 atom stereocenters. The second kappa shape index (κ2) is 4.07. The number of phenols is 1. The first-order valence-corrected chi connectivity index (χ1v) is 7.04. The Balaban J connectivity index is 1.96. The maximum absolute atomic E-state index is 11.0. The summed E-state index contributed by atoms with van der Waals surface area (Å²) in [7, 11) is -2.78. The van der Waals surface area contributed by atoms with E-state index in [9.17, 15) is 13.5 Å². The number of aromatic hydroxyl groups is 1. The van der Waals surface area contributed by atoms with E-state index < -0.39 is 9.84 Å². The Morgan fingerprint density at radius 1 is 1.44 bits per heavy atom. The highest BCUT2D eigenvalue weighted by molar-refractivity contribution is 7.92. The fourth-order valence-electron chi connectivity index (χ4n) is 1.90. The molecular weight excluding hydrogens is 226 g/mol. The van der Waals surface area contributed by atoms with Crippen LogP contribution in [0.2, 0.25) is 0 Å². The molecule has 0 amide bonds. The van der Waals surface area contributed by atoms with Gasteiger partial charge < -0.3 is 10.4 Å². The average Bonchev–Trinajstić information content (AvgIpc) is 2.14. The summed E-state index contributed by atoms with van der Waals surface area (Å²) >= 11 is 0. The molecule has 2 rings (SSSR count). The summed E-state index contributed by atoms with van der Waals surface area (Å²) in [5, 5.41) is 12.6. The molecule has 16 heavy (non-hydrogen) atoms. The zero-order chi connectivity index (χ0) is 11.8. The third-order valence-electron chi connectivity index (χ3n) is 2.77. The molecule has 88 valence electrons. The molecule has 4 nitrogen and oxygen atoms in total. The lowest BCUT2D eigenvalue weighted by atomic mass is 10.1. The Morgan fingerprint density at radius 3 is 2.69 bits per heavy atom. The lowest BCUT2D eigenvalue weighted by Gasteiger charge is -2.30. The third kappa shape index (κ3) is 2.54. The molecule has 1 fully saturated rings. The minimum Gasteiger partial charge on any atom is -0.508 e. The molecule has 1 aromatic rings. The third-order valence-corrected chi connectivity index (χ3v) is 4.59. The minimum atomic E-state index is -2.78. The maximum Gasteiger partial charge on any atom is 0.153 e. The number of hydrogen-bond donors (Lipinski definition) is 2. The van der Waals surface area contributed by atoms with Crippen molar-refractivity contribution in [2.75, 3.05) is 11.5 Å². The number of benzene rings is 1. The van der Waals surface area contributed by atoms with Gasteiger partial charge in [0.1, 0.15) is 5.75 Å². The summed E-state index contributed by atoms with van der Waals surface area (Å²) in [6.07, 6.45) is 0. The Labute approximate surface area is 95.2 Å². The van der Waals surface area contributed by atoms with E-state index in [1.807, 2.05) is 13.0 Å². The van der Waals surface area contributed by atoms with Crippen LogP contribution < -0.4 is 5.32 Å². The van der Waals surface area contributed by atoms with Crippen molar-refractivity contribution in [2.24, 2.45) is 0 Å². The smallest absolute Gasteiger partial charge is 0.153 e. The van der Waals surface area contributed by atoms with E-state index in [0.717, 1.165) is 5.56 Å². The molecule has 5 heteroatoms. The van der Waals surface area contributed by atoms with Gasteiger partial charge in [-0.3, -0.25) is 0 Å². The van der Waals surface area contributed by atoms with E-state index in [1.54, 1.807) is 18.2 Å². The van der Waals surface area contributed by atoms with Crippen molar-refractivity contribution in [3.63, 3.8) is 0 Å². The predicted octanol–water partition coefficient (Wildman–Crippen LogP) is 0.840. The van der Waals surface area contributed by atoms with Gasteiger partial charge in [0.25, 0.3) is 0 Å². The highest BCUT2D eigenvalue weighted by Crippen LogP contribution is 2.20. The molecule has 1 aliphatic heterocycles. The number of hydrogen-bond acceptors (Lipinski definition) is 4. The molecule has 2 N–H and O–H groups in total. The second-order valence-corrected chi connectivity index (χ2v) is 6.41. The summed E-state index contributed by atoms with van der Waals surface area (Å²) in [5.74, 6) is 0.666. The van der Waals surface area contributed by atoms with Crippen LogP contribution in [-0.2, 0) is 9.84 Å². The monoisotopic (exact) mass is 241 g/mol. The maximum atomic E-state index is 11.0. The standard InChI is InChI=1S/C11H15NO3S/c1-8(9-3-2-4-11(13)5-9)12-10-6-16(14,15)7-10/h2-5,8,10,12-13H,6-7H2,1H3. The van der Waals surface area contributed by atoms with Gasteiger partial charge in [-0.1, -0.05) is 12.1 Å². The zero-order valence-electron chi connectivity index (χ0n) is 9.05. The molecule has 0 saturated carbocycles. The molecule has 0 aromatic heterocycles. The number of sulfone groups is 1. The molecule has 0 radical (unpaired) electrons. The van der Waals surface area contributed by atoms with Crippen LogP contribution in [0.5, 0.6) is 5.75 Å². The largest absolute Gasteiger partial charge is 0.508 e. The van der Waals surface area contributed by atoms with Crippen LogP contribution >= 0.6 is 0 Å². The molecular formula is C11H15NO3S. The topological polar surface area (TPSA) is 66.4 Å². The molecule has 0 bridgehead atoms. The van der Waals surface area contributed by atoms with Gasteiger partial charge in [0.15, 0.2) is 9.84 Å². The fraction of sp³-hybridized carbons (Fsp3) is 0.455. The van der Waals surface area contributed by atoms with Crippen LogP contribution in [-0.4, -0.2) is 31.1 Å². The van der Waals surface area contributed by atoms with Crippen molar-refractivity contribution < 1.29 is 13.5 Å². The summed E-state index contributed by atoms with van der Waals surface area (Å²) in [5.41, 5.74) is 0.962. The van der Waals surface area contributed by atoms with Gasteiger partial charge >= 0.3 is 0 Å². The van der Waals surface area contributed by atoms with Crippen molar-refractivity contribution in [1.29, 1.82) is 0 Å². The van der Waals surface area contributed by atoms with Crippen LogP contribution in [0.15, 0.2) is 24.3 Å². The Hall–Kier alpha value is -1.07. The first kappa shape index (κ1) is 11.4. The highest BCUT2D eigenvalue weighted by Gasteiger charge is 2.33. The van der Waals surface area contributed by atoms with Gasteiger partial charge in [-0.15, -0.1) is 0 Å². The van der Waals surface area contributed by atoms with Gasteiger partial charge in [-0.2, -0.15) is 0 Å². The predicted molar refractivity (Wildman–Crippen MR) is 62.1 cm³/mol. The number of nitrogens with one attached hydrogen (secondary N) is 1. The van der Waals surface area contributed by atoms with E-state index >= 15 is 0 Å².